The Bertz CT molecular complexity index is 443. The van der Waals surface area contributed by atoms with Crippen molar-refractivity contribution in [2.75, 3.05) is 20.8 Å². The molecular weight excluding hydrogens is 272 g/mol. The minimum atomic E-state index is -0.775. The molecule has 1 aromatic rings. The van der Waals surface area contributed by atoms with E-state index in [9.17, 15) is 9.90 Å². The van der Waals surface area contributed by atoms with E-state index in [-0.39, 0.29) is 0 Å². The molecule has 0 radical (unpaired) electrons. The van der Waals surface area contributed by atoms with Gasteiger partial charge in [0, 0.05) is 0 Å². The van der Waals surface area contributed by atoms with Crippen LogP contribution in [-0.2, 0) is 4.79 Å². The van der Waals surface area contributed by atoms with Gasteiger partial charge in [-0.2, -0.15) is 0 Å². The predicted molar refractivity (Wildman–Crippen MR) is 80.3 cm³/mol. The smallest absolute Gasteiger partial charge is 0.309 e. The second-order valence-corrected chi connectivity index (χ2v) is 4.88. The van der Waals surface area contributed by atoms with Crippen molar-refractivity contribution in [2.24, 2.45) is 5.41 Å². The van der Waals surface area contributed by atoms with Crippen LogP contribution in [0, 0.1) is 5.41 Å². The normalized spacial score (nSPS) is 11.0. The highest BCUT2D eigenvalue weighted by atomic mass is 16.5. The Morgan fingerprint density at radius 1 is 1.14 bits per heavy atom. The Morgan fingerprint density at radius 2 is 1.67 bits per heavy atom. The lowest BCUT2D eigenvalue weighted by molar-refractivity contribution is -0.150. The summed E-state index contributed by atoms with van der Waals surface area (Å²) in [4.78, 5) is 11.5. The summed E-state index contributed by atoms with van der Waals surface area (Å²) in [5.74, 6) is 0.878. The first kappa shape index (κ1) is 17.1. The number of ether oxygens (including phenoxy) is 3. The summed E-state index contributed by atoms with van der Waals surface area (Å²) in [6, 6.07) is 5.37. The zero-order valence-corrected chi connectivity index (χ0v) is 13.1. The lowest BCUT2D eigenvalue weighted by atomic mass is 9.79. The first-order valence-electron chi connectivity index (χ1n) is 7.11. The third-order valence-electron chi connectivity index (χ3n) is 4.02. The number of carbonyl (C=O) groups is 1. The van der Waals surface area contributed by atoms with E-state index in [0.29, 0.717) is 43.1 Å². The predicted octanol–water partition coefficient (Wildman–Crippen LogP) is 3.36. The van der Waals surface area contributed by atoms with Crippen molar-refractivity contribution in [3.8, 4) is 17.2 Å². The van der Waals surface area contributed by atoms with E-state index in [4.69, 9.17) is 14.2 Å². The Morgan fingerprint density at radius 3 is 2.05 bits per heavy atom. The molecule has 0 saturated heterocycles. The first-order valence-corrected chi connectivity index (χ1v) is 7.11. The van der Waals surface area contributed by atoms with Crippen LogP contribution in [0.15, 0.2) is 18.2 Å². The number of hydrogen-bond acceptors (Lipinski definition) is 4. The van der Waals surface area contributed by atoms with E-state index in [1.807, 2.05) is 19.9 Å². The number of hydrogen-bond donors (Lipinski definition) is 1. The molecule has 0 atom stereocenters. The molecular formula is C16H24O5. The van der Waals surface area contributed by atoms with Crippen molar-refractivity contribution in [1.29, 1.82) is 0 Å². The molecule has 1 N–H and O–H groups in total. The van der Waals surface area contributed by atoms with Crippen molar-refractivity contribution in [3.05, 3.63) is 18.2 Å². The summed E-state index contributed by atoms with van der Waals surface area (Å²) in [5, 5.41) is 9.42. The van der Waals surface area contributed by atoms with Gasteiger partial charge in [0.05, 0.1) is 26.2 Å². The zero-order chi connectivity index (χ0) is 15.9. The number of aliphatic carboxylic acids is 1. The van der Waals surface area contributed by atoms with Gasteiger partial charge in [-0.25, -0.2) is 0 Å². The van der Waals surface area contributed by atoms with Gasteiger partial charge in [0.25, 0.3) is 0 Å². The summed E-state index contributed by atoms with van der Waals surface area (Å²) in [5.41, 5.74) is -0.741. The number of rotatable bonds is 9. The molecule has 0 amide bonds. The van der Waals surface area contributed by atoms with E-state index in [1.54, 1.807) is 26.4 Å². The van der Waals surface area contributed by atoms with Crippen LogP contribution in [0.3, 0.4) is 0 Å². The Hall–Kier alpha value is -1.91. The number of para-hydroxylation sites is 1. The van der Waals surface area contributed by atoms with Gasteiger partial charge < -0.3 is 19.3 Å². The van der Waals surface area contributed by atoms with Crippen molar-refractivity contribution in [2.45, 2.75) is 33.1 Å². The van der Waals surface area contributed by atoms with Gasteiger partial charge in [0.2, 0.25) is 5.75 Å². The molecule has 0 aromatic heterocycles. The average molecular weight is 296 g/mol. The van der Waals surface area contributed by atoms with Crippen molar-refractivity contribution < 1.29 is 24.1 Å². The molecule has 5 heteroatoms. The number of carboxylic acid groups (broad SMARTS) is 1. The molecule has 118 valence electrons. The highest BCUT2D eigenvalue weighted by Gasteiger charge is 2.34. The summed E-state index contributed by atoms with van der Waals surface area (Å²) in [7, 11) is 3.11. The maximum absolute atomic E-state index is 11.5. The summed E-state index contributed by atoms with van der Waals surface area (Å²) in [6.45, 7) is 4.08. The fourth-order valence-electron chi connectivity index (χ4n) is 2.32. The van der Waals surface area contributed by atoms with Crippen LogP contribution in [0.1, 0.15) is 33.1 Å². The molecule has 0 saturated carbocycles. The highest BCUT2D eigenvalue weighted by molar-refractivity contribution is 5.74. The van der Waals surface area contributed by atoms with E-state index >= 15 is 0 Å². The van der Waals surface area contributed by atoms with Gasteiger partial charge >= 0.3 is 5.97 Å². The highest BCUT2D eigenvalue weighted by Crippen LogP contribution is 2.38. The van der Waals surface area contributed by atoms with E-state index in [0.717, 1.165) is 0 Å². The zero-order valence-electron chi connectivity index (χ0n) is 13.1. The Labute approximate surface area is 125 Å². The molecule has 5 nitrogen and oxygen atoms in total. The van der Waals surface area contributed by atoms with Gasteiger partial charge in [-0.15, -0.1) is 0 Å². The van der Waals surface area contributed by atoms with Gasteiger partial charge in [0.1, 0.15) is 0 Å². The lowest BCUT2D eigenvalue weighted by Crippen LogP contribution is -2.31. The van der Waals surface area contributed by atoms with Crippen LogP contribution in [0.4, 0.5) is 0 Å². The lowest BCUT2D eigenvalue weighted by Gasteiger charge is -2.26. The quantitative estimate of drug-likeness (QED) is 0.757. The molecule has 0 aliphatic carbocycles. The standard InChI is InChI=1S/C16H24O5/c1-5-16(6-2,15(17)18)10-11-21-14-12(19-3)8-7-9-13(14)20-4/h7-9H,5-6,10-11H2,1-4H3,(H,17,18). The molecule has 0 heterocycles. The Kier molecular flexibility index (Phi) is 6.34. The molecule has 0 fully saturated rings. The summed E-state index contributed by atoms with van der Waals surface area (Å²) in [6.07, 6.45) is 1.59. The van der Waals surface area contributed by atoms with Crippen LogP contribution < -0.4 is 14.2 Å². The Balaban J connectivity index is 2.82. The van der Waals surface area contributed by atoms with Crippen molar-refractivity contribution >= 4 is 5.97 Å². The van der Waals surface area contributed by atoms with Gasteiger partial charge in [-0.1, -0.05) is 19.9 Å². The second kappa shape index (κ2) is 7.76. The molecule has 0 bridgehead atoms. The summed E-state index contributed by atoms with van der Waals surface area (Å²) >= 11 is 0. The molecule has 1 aromatic carbocycles. The number of methoxy groups -OCH3 is 2. The fraction of sp³-hybridized carbons (Fsp3) is 0.562. The average Bonchev–Trinajstić information content (AvgIpc) is 2.51. The van der Waals surface area contributed by atoms with E-state index in [1.165, 1.54) is 0 Å². The monoisotopic (exact) mass is 296 g/mol. The number of benzene rings is 1. The van der Waals surface area contributed by atoms with Crippen molar-refractivity contribution in [1.82, 2.24) is 0 Å². The molecule has 0 aliphatic heterocycles. The van der Waals surface area contributed by atoms with Crippen LogP contribution in [-0.4, -0.2) is 31.9 Å². The fourth-order valence-corrected chi connectivity index (χ4v) is 2.32. The maximum atomic E-state index is 11.5. The maximum Gasteiger partial charge on any atom is 0.309 e. The number of carboxylic acids is 1. The van der Waals surface area contributed by atoms with Gasteiger partial charge in [-0.05, 0) is 31.4 Å². The largest absolute Gasteiger partial charge is 0.493 e. The molecule has 0 unspecified atom stereocenters. The van der Waals surface area contributed by atoms with Crippen LogP contribution in [0.2, 0.25) is 0 Å². The topological polar surface area (TPSA) is 65.0 Å². The van der Waals surface area contributed by atoms with Crippen LogP contribution >= 0.6 is 0 Å². The van der Waals surface area contributed by atoms with Gasteiger partial charge in [0.15, 0.2) is 11.5 Å². The third-order valence-corrected chi connectivity index (χ3v) is 4.02. The SMILES string of the molecule is CCC(CC)(CCOc1c(OC)cccc1OC)C(=O)O. The second-order valence-electron chi connectivity index (χ2n) is 4.88. The third kappa shape index (κ3) is 3.80. The van der Waals surface area contributed by atoms with Gasteiger partial charge in [-0.3, -0.25) is 4.79 Å². The molecule has 1 rings (SSSR count). The minimum absolute atomic E-state index is 0.296. The minimum Gasteiger partial charge on any atom is -0.493 e. The molecule has 21 heavy (non-hydrogen) atoms. The van der Waals surface area contributed by atoms with E-state index in [2.05, 4.69) is 0 Å². The summed E-state index contributed by atoms with van der Waals surface area (Å²) < 4.78 is 16.2. The van der Waals surface area contributed by atoms with Crippen molar-refractivity contribution in [3.63, 3.8) is 0 Å². The molecule has 0 aliphatic rings. The van der Waals surface area contributed by atoms with Crippen LogP contribution in [0.25, 0.3) is 0 Å². The van der Waals surface area contributed by atoms with E-state index < -0.39 is 11.4 Å². The molecule has 0 spiro atoms. The van der Waals surface area contributed by atoms with Crippen LogP contribution in [0.5, 0.6) is 17.2 Å². The first-order chi connectivity index (χ1) is 10.0.